The van der Waals surface area contributed by atoms with Crippen LogP contribution in [-0.2, 0) is 4.74 Å². The van der Waals surface area contributed by atoms with E-state index < -0.39 is 6.09 Å². The molecule has 1 aliphatic heterocycles. The van der Waals surface area contributed by atoms with E-state index in [9.17, 15) is 4.79 Å². The van der Waals surface area contributed by atoms with Crippen molar-refractivity contribution < 1.29 is 40.6 Å². The van der Waals surface area contributed by atoms with Gasteiger partial charge in [-0.3, -0.25) is 14.9 Å². The predicted molar refractivity (Wildman–Crippen MR) is 198 cm³/mol. The molecule has 2 fully saturated rings. The minimum Gasteiger partial charge on any atom is -0.447 e. The molecule has 0 bridgehead atoms. The van der Waals surface area contributed by atoms with Gasteiger partial charge in [0.2, 0.25) is 0 Å². The van der Waals surface area contributed by atoms with Crippen molar-refractivity contribution >= 4 is 23.2 Å². The van der Waals surface area contributed by atoms with Crippen LogP contribution in [-0.4, -0.2) is 84.6 Å². The maximum Gasteiger partial charge on any atom is 2.00 e. The first-order valence-electron chi connectivity index (χ1n) is 16.7. The van der Waals surface area contributed by atoms with Crippen molar-refractivity contribution in [3.63, 3.8) is 0 Å². The number of hydrogen-bond donors (Lipinski definition) is 2. The number of cyclic esters (lactones) is 1. The normalized spacial score (nSPS) is 14.8. The fourth-order valence-corrected chi connectivity index (χ4v) is 4.83. The van der Waals surface area contributed by atoms with Crippen molar-refractivity contribution in [2.24, 2.45) is 16.6 Å². The zero-order chi connectivity index (χ0) is 35.6. The van der Waals surface area contributed by atoms with Crippen LogP contribution in [0.2, 0.25) is 0 Å². The first-order valence-corrected chi connectivity index (χ1v) is 16.7. The maximum absolute atomic E-state index is 11.8. The third-order valence-corrected chi connectivity index (χ3v) is 7.88. The molecule has 1 aromatic carbocycles. The molecule has 49 heavy (non-hydrogen) atoms. The number of hydrogen-bond acceptors (Lipinski definition) is 9. The van der Waals surface area contributed by atoms with Crippen LogP contribution in [0, 0.1) is 63.9 Å². The topological polar surface area (TPSA) is 122 Å². The van der Waals surface area contributed by atoms with Gasteiger partial charge < -0.3 is 27.6 Å². The molecule has 0 spiro atoms. The summed E-state index contributed by atoms with van der Waals surface area (Å²) in [5, 5.41) is 3.17. The number of carbonyl (C=O) groups excluding carboxylic acids is 1. The average Bonchev–Trinajstić information content (AvgIpc) is 3.47. The molecule has 3 heterocycles. The molecular weight excluding hydrogens is 839 g/mol. The van der Waals surface area contributed by atoms with Crippen LogP contribution >= 0.6 is 0 Å². The molecule has 3 N–H and O–H groups in total. The summed E-state index contributed by atoms with van der Waals surface area (Å²) < 4.78 is 4.99. The summed E-state index contributed by atoms with van der Waals surface area (Å²) in [7, 11) is 7.64. The fourth-order valence-electron chi connectivity index (χ4n) is 4.83. The molecule has 10 nitrogen and oxygen atoms in total. The Morgan fingerprint density at radius 1 is 1.20 bits per heavy atom. The molecule has 2 aromatic heterocycles. The molecule has 11 heteroatoms. The van der Waals surface area contributed by atoms with Crippen LogP contribution in [0.15, 0.2) is 54.0 Å². The van der Waals surface area contributed by atoms with E-state index in [0.29, 0.717) is 48.5 Å². The van der Waals surface area contributed by atoms with E-state index in [1.54, 1.807) is 31.7 Å². The summed E-state index contributed by atoms with van der Waals surface area (Å²) in [6, 6.07) is 11.1. The number of aliphatic imine (C=N–C) groups is 1. The molecule has 1 unspecified atom stereocenters. The van der Waals surface area contributed by atoms with Crippen molar-refractivity contribution in [2.75, 3.05) is 53.2 Å². The zero-order valence-corrected chi connectivity index (χ0v) is 35.2. The Labute approximate surface area is 318 Å². The minimum absolute atomic E-state index is 0. The molecule has 3 aromatic rings. The van der Waals surface area contributed by atoms with Gasteiger partial charge in [-0.1, -0.05) is 65.0 Å². The molecular formula is C38H56N8O2U. The zero-order valence-electron chi connectivity index (χ0n) is 31.0. The standard InChI is InChI=1S/C17H18N6O2.C13H19N.C5H10.C3H9N.U/c1-11-8-14(12(9-18)15-20-4-3-5-21-15)22-10-13(11)16(19-2)23-6-7-25-17(23)24;1-5-10(3)13-8-7-12(14-6-2)9-11(13)4;1-5-3-2-4-5;1-4(2)3;/h3-5,8-10H,6-7,18H2,1-2H3;8-10,14H,2,5-6H2,1,3-4H3;5H,2-4H2,1H3;1-3H3;/q;-2;;;+2/b12-9-,19-16?;;;;. The number of aromatic nitrogens is 3. The number of amides is 1. The van der Waals surface area contributed by atoms with Crippen LogP contribution in [0.1, 0.15) is 86.1 Å². The quantitative estimate of drug-likeness (QED) is 0.150. The largest absolute Gasteiger partial charge is 2.00 e. The summed E-state index contributed by atoms with van der Waals surface area (Å²) >= 11 is 0. The van der Waals surface area contributed by atoms with Gasteiger partial charge in [-0.2, -0.15) is 23.3 Å². The first-order chi connectivity index (χ1) is 23.0. The molecule has 0 radical (unpaired) electrons. The van der Waals surface area contributed by atoms with Gasteiger partial charge in [0, 0.05) is 37.4 Å². The van der Waals surface area contributed by atoms with E-state index in [4.69, 9.17) is 10.5 Å². The molecule has 1 aliphatic carbocycles. The van der Waals surface area contributed by atoms with Crippen molar-refractivity contribution in [3.8, 4) is 0 Å². The smallest absolute Gasteiger partial charge is 0.447 e. The number of pyridine rings is 1. The van der Waals surface area contributed by atoms with Crippen LogP contribution in [0.3, 0.4) is 0 Å². The molecule has 1 atom stereocenters. The van der Waals surface area contributed by atoms with E-state index in [1.165, 1.54) is 47.9 Å². The Kier molecular flexibility index (Phi) is 20.7. The van der Waals surface area contributed by atoms with Gasteiger partial charge in [-0.25, -0.2) is 14.8 Å². The number of anilines is 1. The summed E-state index contributed by atoms with van der Waals surface area (Å²) in [6.07, 6.45) is 11.6. The number of nitrogens with zero attached hydrogens (tertiary/aromatic N) is 6. The first kappa shape index (κ1) is 43.8. The number of nitrogens with two attached hydrogens (primary N) is 1. The van der Waals surface area contributed by atoms with E-state index in [0.717, 1.165) is 22.7 Å². The van der Waals surface area contributed by atoms with Crippen LogP contribution in [0.4, 0.5) is 10.5 Å². The van der Waals surface area contributed by atoms with Gasteiger partial charge in [0.25, 0.3) is 0 Å². The van der Waals surface area contributed by atoms with Gasteiger partial charge in [-0.05, 0) is 51.7 Å². The summed E-state index contributed by atoms with van der Waals surface area (Å²) in [5.74, 6) is 2.72. The summed E-state index contributed by atoms with van der Waals surface area (Å²) in [6.45, 7) is 16.1. The SMILES string of the molecule is CC1CCC1.CN(C)C.CN=C(c1cnc(/C(=C/N)c2ncccn2)cc1C)N1CCOC1=O.[CH2-]CNc1[c-]cc(C(C)CC)c(C)c1.[U+2]. The number of benzene rings is 1. The maximum atomic E-state index is 11.8. The van der Waals surface area contributed by atoms with E-state index in [2.05, 4.69) is 78.1 Å². The third kappa shape index (κ3) is 14.2. The van der Waals surface area contributed by atoms with E-state index >= 15 is 0 Å². The predicted octanol–water partition coefficient (Wildman–Crippen LogP) is 6.90. The van der Waals surface area contributed by atoms with Crippen LogP contribution in [0.5, 0.6) is 0 Å². The van der Waals surface area contributed by atoms with Gasteiger partial charge in [0.05, 0.1) is 17.8 Å². The van der Waals surface area contributed by atoms with Gasteiger partial charge >= 0.3 is 37.2 Å². The van der Waals surface area contributed by atoms with Crippen molar-refractivity contribution in [1.82, 2.24) is 24.8 Å². The summed E-state index contributed by atoms with van der Waals surface area (Å²) in [4.78, 5) is 32.5. The molecule has 5 rings (SSSR count). The molecule has 1 amide bonds. The number of ether oxygens (including phenoxy) is 1. The van der Waals surface area contributed by atoms with Gasteiger partial charge in [0.15, 0.2) is 5.82 Å². The van der Waals surface area contributed by atoms with Crippen molar-refractivity contribution in [3.05, 3.63) is 95.8 Å². The Hall–Kier alpha value is -3.26. The monoisotopic (exact) mass is 895 g/mol. The van der Waals surface area contributed by atoms with E-state index in [1.807, 2.05) is 39.0 Å². The molecule has 1 saturated heterocycles. The van der Waals surface area contributed by atoms with E-state index in [-0.39, 0.29) is 31.1 Å². The Balaban J connectivity index is 0.000000418. The second-order valence-electron chi connectivity index (χ2n) is 12.4. The number of rotatable bonds is 7. The third-order valence-electron chi connectivity index (χ3n) is 7.88. The Bertz CT molecular complexity index is 1470. The van der Waals surface area contributed by atoms with Crippen molar-refractivity contribution in [1.29, 1.82) is 0 Å². The second-order valence-corrected chi connectivity index (χ2v) is 12.4. The molecule has 1 saturated carbocycles. The molecule has 264 valence electrons. The fraction of sp³-hybridized carbons (Fsp3) is 0.474. The number of amidine groups is 1. The second kappa shape index (κ2) is 23.2. The van der Waals surface area contributed by atoms with Gasteiger partial charge in [0.1, 0.15) is 12.4 Å². The van der Waals surface area contributed by atoms with Crippen LogP contribution in [0.25, 0.3) is 5.57 Å². The van der Waals surface area contributed by atoms with Crippen LogP contribution < -0.4 is 11.1 Å². The number of nitrogens with one attached hydrogen (secondary N) is 1. The average molecular weight is 895 g/mol. The Morgan fingerprint density at radius 3 is 2.27 bits per heavy atom. The molecule has 2 aliphatic rings. The number of carbonyl (C=O) groups is 1. The van der Waals surface area contributed by atoms with Crippen molar-refractivity contribution in [2.45, 2.75) is 66.2 Å². The number of aryl methyl sites for hydroxylation is 2. The Morgan fingerprint density at radius 2 is 1.84 bits per heavy atom. The van der Waals surface area contributed by atoms with Gasteiger partial charge in [-0.15, -0.1) is 12.6 Å². The minimum atomic E-state index is -0.399. The summed E-state index contributed by atoms with van der Waals surface area (Å²) in [5.41, 5.74) is 12.5.